The molecule has 9 heteroatoms. The van der Waals surface area contributed by atoms with Crippen LogP contribution in [-0.4, -0.2) is 37.3 Å². The number of aryl methyl sites for hydroxylation is 1. The summed E-state index contributed by atoms with van der Waals surface area (Å²) < 4.78 is 36.1. The fraction of sp³-hybridized carbons (Fsp3) is 0.308. The number of rotatable bonds is 9. The van der Waals surface area contributed by atoms with E-state index in [0.717, 1.165) is 48.6 Å². The summed E-state index contributed by atoms with van der Waals surface area (Å²) in [5, 5.41) is 17.1. The van der Waals surface area contributed by atoms with Crippen LogP contribution in [0.4, 0.5) is 5.69 Å². The predicted octanol–water partition coefficient (Wildman–Crippen LogP) is 4.54. The SMILES string of the molecule is C[C@H](Cc1cn2c3c(cccc13)OCCC2)NC[C@H](O)c1cccc(NS(=O)(=O)c2cccs2)c1. The van der Waals surface area contributed by atoms with Gasteiger partial charge in [-0.15, -0.1) is 11.3 Å². The van der Waals surface area contributed by atoms with E-state index in [0.29, 0.717) is 17.8 Å². The highest BCUT2D eigenvalue weighted by Gasteiger charge is 2.19. The van der Waals surface area contributed by atoms with Crippen LogP contribution in [0.1, 0.15) is 30.6 Å². The van der Waals surface area contributed by atoms with Crippen LogP contribution in [0.25, 0.3) is 10.9 Å². The van der Waals surface area contributed by atoms with Gasteiger partial charge in [-0.2, -0.15) is 0 Å². The lowest BCUT2D eigenvalue weighted by Crippen LogP contribution is -2.32. The molecule has 0 radical (unpaired) electrons. The van der Waals surface area contributed by atoms with Crippen molar-refractivity contribution in [2.24, 2.45) is 0 Å². The van der Waals surface area contributed by atoms with Crippen molar-refractivity contribution in [3.63, 3.8) is 0 Å². The van der Waals surface area contributed by atoms with Crippen molar-refractivity contribution in [1.29, 1.82) is 0 Å². The quantitative estimate of drug-likeness (QED) is 0.307. The molecule has 2 aromatic carbocycles. The van der Waals surface area contributed by atoms with Gasteiger partial charge in [0.25, 0.3) is 10.0 Å². The summed E-state index contributed by atoms with van der Waals surface area (Å²) in [5.41, 5.74) is 3.49. The Morgan fingerprint density at radius 2 is 2.03 bits per heavy atom. The first kappa shape index (κ1) is 23.9. The molecule has 184 valence electrons. The van der Waals surface area contributed by atoms with Crippen LogP contribution < -0.4 is 14.8 Å². The molecular weight excluding hydrogens is 482 g/mol. The summed E-state index contributed by atoms with van der Waals surface area (Å²) in [6.07, 6.45) is 3.26. The van der Waals surface area contributed by atoms with E-state index in [2.05, 4.69) is 33.8 Å². The predicted molar refractivity (Wildman–Crippen MR) is 140 cm³/mol. The molecule has 0 unspecified atom stereocenters. The fourth-order valence-electron chi connectivity index (χ4n) is 4.54. The zero-order valence-corrected chi connectivity index (χ0v) is 21.1. The molecule has 7 nitrogen and oxygen atoms in total. The zero-order valence-electron chi connectivity index (χ0n) is 19.5. The van der Waals surface area contributed by atoms with Crippen LogP contribution in [0, 0.1) is 0 Å². The molecular formula is C26H29N3O4S2. The van der Waals surface area contributed by atoms with Crippen LogP contribution in [0.5, 0.6) is 5.75 Å². The Hall–Kier alpha value is -2.85. The lowest BCUT2D eigenvalue weighted by atomic mass is 10.0. The Bertz CT molecular complexity index is 1410. The van der Waals surface area contributed by atoms with Gasteiger partial charge in [-0.3, -0.25) is 4.72 Å². The highest BCUT2D eigenvalue weighted by atomic mass is 32.2. The van der Waals surface area contributed by atoms with Crippen molar-refractivity contribution < 1.29 is 18.3 Å². The summed E-state index contributed by atoms with van der Waals surface area (Å²) in [6.45, 7) is 4.15. The van der Waals surface area contributed by atoms with E-state index >= 15 is 0 Å². The Balaban J connectivity index is 1.23. The molecule has 1 aliphatic rings. The van der Waals surface area contributed by atoms with Gasteiger partial charge in [0.15, 0.2) is 0 Å². The molecule has 0 fully saturated rings. The largest absolute Gasteiger partial charge is 0.491 e. The van der Waals surface area contributed by atoms with E-state index in [1.165, 1.54) is 10.9 Å². The third kappa shape index (κ3) is 5.23. The summed E-state index contributed by atoms with van der Waals surface area (Å²) in [4.78, 5) is 0. The van der Waals surface area contributed by atoms with Crippen molar-refractivity contribution in [2.45, 2.75) is 42.7 Å². The van der Waals surface area contributed by atoms with Crippen molar-refractivity contribution >= 4 is 38.0 Å². The molecule has 0 amide bonds. The van der Waals surface area contributed by atoms with Crippen LogP contribution in [0.2, 0.25) is 0 Å². The number of aromatic nitrogens is 1. The minimum Gasteiger partial charge on any atom is -0.491 e. The number of hydrogen-bond acceptors (Lipinski definition) is 6. The van der Waals surface area contributed by atoms with Gasteiger partial charge in [0.05, 0.1) is 18.2 Å². The van der Waals surface area contributed by atoms with Gasteiger partial charge in [-0.05, 0) is 60.5 Å². The van der Waals surface area contributed by atoms with Gasteiger partial charge in [0.1, 0.15) is 9.96 Å². The van der Waals surface area contributed by atoms with Gasteiger partial charge in [0.2, 0.25) is 0 Å². The molecule has 2 aromatic heterocycles. The number of benzene rings is 2. The third-order valence-corrected chi connectivity index (χ3v) is 8.99. The minimum atomic E-state index is -3.63. The third-order valence-electron chi connectivity index (χ3n) is 6.21. The van der Waals surface area contributed by atoms with Gasteiger partial charge < -0.3 is 19.7 Å². The maximum Gasteiger partial charge on any atom is 0.271 e. The Labute approximate surface area is 209 Å². The van der Waals surface area contributed by atoms with Crippen molar-refractivity contribution in [1.82, 2.24) is 9.88 Å². The zero-order chi connectivity index (χ0) is 24.4. The number of aliphatic hydroxyl groups excluding tert-OH is 1. The monoisotopic (exact) mass is 511 g/mol. The van der Waals surface area contributed by atoms with E-state index < -0.39 is 16.1 Å². The molecule has 0 saturated carbocycles. The summed E-state index contributed by atoms with van der Waals surface area (Å²) in [5.74, 6) is 0.942. The molecule has 1 aliphatic heterocycles. The van der Waals surface area contributed by atoms with Crippen molar-refractivity contribution in [3.8, 4) is 5.75 Å². The number of aliphatic hydroxyl groups is 1. The highest BCUT2D eigenvalue weighted by molar-refractivity contribution is 7.94. The first-order chi connectivity index (χ1) is 16.9. The molecule has 3 N–H and O–H groups in total. The van der Waals surface area contributed by atoms with Gasteiger partial charge in [-0.25, -0.2) is 8.42 Å². The smallest absolute Gasteiger partial charge is 0.271 e. The van der Waals surface area contributed by atoms with E-state index in [1.54, 1.807) is 41.8 Å². The normalized spacial score (nSPS) is 15.4. The standard InChI is InChI=1S/C26H29N3O4S2/c1-18(14-20-17-29-11-5-12-33-24-9-3-8-22(20)26(24)29)27-16-23(30)19-6-2-7-21(15-19)28-35(31,32)25-10-4-13-34-25/h2-4,6-10,13,15,17-18,23,27-28,30H,5,11-12,14,16H2,1H3/t18-,23+/m1/s1. The Morgan fingerprint density at radius 1 is 1.17 bits per heavy atom. The first-order valence-corrected chi connectivity index (χ1v) is 14.1. The van der Waals surface area contributed by atoms with E-state index in [4.69, 9.17) is 4.74 Å². The van der Waals surface area contributed by atoms with E-state index in [-0.39, 0.29) is 10.3 Å². The lowest BCUT2D eigenvalue weighted by molar-refractivity contribution is 0.170. The lowest BCUT2D eigenvalue weighted by Gasteiger charge is -2.18. The van der Waals surface area contributed by atoms with Gasteiger partial charge in [0, 0.05) is 36.4 Å². The van der Waals surface area contributed by atoms with Gasteiger partial charge in [-0.1, -0.05) is 30.3 Å². The van der Waals surface area contributed by atoms with Crippen molar-refractivity contribution in [2.75, 3.05) is 17.9 Å². The number of hydrogen-bond donors (Lipinski definition) is 3. The van der Waals surface area contributed by atoms with Crippen LogP contribution in [0.3, 0.4) is 0 Å². The number of sulfonamides is 1. The maximum absolute atomic E-state index is 12.5. The second-order valence-corrected chi connectivity index (χ2v) is 11.8. The number of thiophene rings is 1. The molecule has 2 atom stereocenters. The van der Waals surface area contributed by atoms with E-state index in [9.17, 15) is 13.5 Å². The summed E-state index contributed by atoms with van der Waals surface area (Å²) >= 11 is 1.16. The number of nitrogens with one attached hydrogen (secondary N) is 2. The molecule has 0 spiro atoms. The highest BCUT2D eigenvalue weighted by Crippen LogP contribution is 2.32. The Morgan fingerprint density at radius 3 is 2.86 bits per heavy atom. The van der Waals surface area contributed by atoms with Crippen molar-refractivity contribution in [3.05, 3.63) is 77.3 Å². The summed E-state index contributed by atoms with van der Waals surface area (Å²) in [7, 11) is -3.63. The van der Waals surface area contributed by atoms with Crippen LogP contribution >= 0.6 is 11.3 Å². The Kier molecular flexibility index (Phi) is 6.84. The van der Waals surface area contributed by atoms with Gasteiger partial charge >= 0.3 is 0 Å². The molecule has 5 rings (SSSR count). The number of para-hydroxylation sites is 1. The minimum absolute atomic E-state index is 0.136. The van der Waals surface area contributed by atoms with Crippen LogP contribution in [-0.2, 0) is 23.0 Å². The van der Waals surface area contributed by atoms with Crippen LogP contribution in [0.15, 0.2) is 70.4 Å². The topological polar surface area (TPSA) is 92.6 Å². The molecule has 0 aliphatic carbocycles. The molecule has 0 bridgehead atoms. The second kappa shape index (κ2) is 10.0. The molecule has 3 heterocycles. The van der Waals surface area contributed by atoms with E-state index in [1.807, 2.05) is 12.1 Å². The molecule has 4 aromatic rings. The maximum atomic E-state index is 12.5. The average molecular weight is 512 g/mol. The fourth-order valence-corrected chi connectivity index (χ4v) is 6.58. The second-order valence-electron chi connectivity index (χ2n) is 8.89. The molecule has 35 heavy (non-hydrogen) atoms. The number of anilines is 1. The number of ether oxygens (including phenoxy) is 1. The first-order valence-electron chi connectivity index (χ1n) is 11.7. The number of nitrogens with zero attached hydrogens (tertiary/aromatic N) is 1. The molecule has 0 saturated heterocycles. The average Bonchev–Trinajstić information content (AvgIpc) is 3.45. The summed E-state index contributed by atoms with van der Waals surface area (Å²) in [6, 6.07) is 16.5.